The van der Waals surface area contributed by atoms with Crippen molar-refractivity contribution in [2.24, 2.45) is 0 Å². The molecule has 2 aromatic carbocycles. The lowest BCUT2D eigenvalue weighted by molar-refractivity contribution is -0.122. The van der Waals surface area contributed by atoms with Crippen LogP contribution in [-0.4, -0.2) is 24.5 Å². The number of aryl methyl sites for hydroxylation is 1. The van der Waals surface area contributed by atoms with Crippen LogP contribution in [0.2, 0.25) is 5.02 Å². The minimum absolute atomic E-state index is 0.200. The molecule has 0 aromatic heterocycles. The molecule has 1 fully saturated rings. The maximum absolute atomic E-state index is 13.0. The topological polar surface area (TPSA) is 75.7 Å². The third kappa shape index (κ3) is 3.82. The van der Waals surface area contributed by atoms with E-state index >= 15 is 0 Å². The number of anilines is 1. The minimum atomic E-state index is -0.796. The second kappa shape index (κ2) is 8.10. The van der Waals surface area contributed by atoms with Gasteiger partial charge in [0.05, 0.1) is 5.69 Å². The van der Waals surface area contributed by atoms with Gasteiger partial charge in [0.25, 0.3) is 11.8 Å². The molecule has 0 radical (unpaired) electrons. The quantitative estimate of drug-likeness (QED) is 0.472. The van der Waals surface area contributed by atoms with E-state index in [0.29, 0.717) is 22.0 Å². The number of hydrogen-bond donors (Lipinski definition) is 1. The SMILES string of the molecule is C=CCOc1ccc(Cl)cc1/C=C1\C(=O)NC(=O)N(c2ccccc2C)C1=O. The standard InChI is InChI=1S/C21H17ClN2O4/c1-3-10-28-18-9-8-15(22)11-14(18)12-16-19(25)23-21(27)24(20(16)26)17-7-5-4-6-13(17)2/h3-9,11-12H,1,10H2,2H3,(H,23,25,27)/b16-12+. The lowest BCUT2D eigenvalue weighted by Crippen LogP contribution is -2.54. The summed E-state index contributed by atoms with van der Waals surface area (Å²) in [5.41, 5.74) is 1.36. The highest BCUT2D eigenvalue weighted by Gasteiger charge is 2.37. The zero-order chi connectivity index (χ0) is 20.3. The number of para-hydroxylation sites is 1. The van der Waals surface area contributed by atoms with Gasteiger partial charge in [-0.1, -0.05) is 42.5 Å². The summed E-state index contributed by atoms with van der Waals surface area (Å²) in [5.74, 6) is -1.08. The summed E-state index contributed by atoms with van der Waals surface area (Å²) in [6.07, 6.45) is 2.93. The summed E-state index contributed by atoms with van der Waals surface area (Å²) in [6.45, 7) is 5.61. The molecule has 0 bridgehead atoms. The molecule has 28 heavy (non-hydrogen) atoms. The lowest BCUT2D eigenvalue weighted by atomic mass is 10.0. The van der Waals surface area contributed by atoms with Gasteiger partial charge in [0.2, 0.25) is 0 Å². The predicted octanol–water partition coefficient (Wildman–Crippen LogP) is 3.88. The Balaban J connectivity index is 2.06. The summed E-state index contributed by atoms with van der Waals surface area (Å²) in [6, 6.07) is 11.0. The van der Waals surface area contributed by atoms with Gasteiger partial charge in [-0.2, -0.15) is 0 Å². The van der Waals surface area contributed by atoms with Gasteiger partial charge in [0.15, 0.2) is 0 Å². The molecule has 4 amide bonds. The van der Waals surface area contributed by atoms with Crippen molar-refractivity contribution in [3.05, 3.63) is 76.8 Å². The number of urea groups is 1. The Morgan fingerprint density at radius 1 is 1.18 bits per heavy atom. The number of imide groups is 2. The van der Waals surface area contributed by atoms with Gasteiger partial charge >= 0.3 is 6.03 Å². The minimum Gasteiger partial charge on any atom is -0.489 e. The number of benzene rings is 2. The van der Waals surface area contributed by atoms with Crippen molar-refractivity contribution in [3.8, 4) is 5.75 Å². The van der Waals surface area contributed by atoms with Gasteiger partial charge in [0.1, 0.15) is 17.9 Å². The van der Waals surface area contributed by atoms with Crippen LogP contribution in [0.5, 0.6) is 5.75 Å². The molecular formula is C21H17ClN2O4. The van der Waals surface area contributed by atoms with Crippen LogP contribution in [-0.2, 0) is 9.59 Å². The summed E-state index contributed by atoms with van der Waals surface area (Å²) in [5, 5.41) is 2.61. The normalized spacial score (nSPS) is 15.6. The molecule has 1 aliphatic rings. The third-order valence-corrected chi connectivity index (χ3v) is 4.32. The Labute approximate surface area is 167 Å². The van der Waals surface area contributed by atoms with Gasteiger partial charge in [-0.15, -0.1) is 0 Å². The maximum Gasteiger partial charge on any atom is 0.335 e. The number of amides is 4. The number of rotatable bonds is 5. The monoisotopic (exact) mass is 396 g/mol. The van der Waals surface area contributed by atoms with Gasteiger partial charge in [-0.3, -0.25) is 14.9 Å². The molecule has 7 heteroatoms. The van der Waals surface area contributed by atoms with E-state index in [0.717, 1.165) is 10.5 Å². The molecular weight excluding hydrogens is 380 g/mol. The fourth-order valence-electron chi connectivity index (χ4n) is 2.76. The fourth-order valence-corrected chi connectivity index (χ4v) is 2.94. The first-order chi connectivity index (χ1) is 13.4. The third-order valence-electron chi connectivity index (χ3n) is 4.09. The highest BCUT2D eigenvalue weighted by molar-refractivity contribution is 6.39. The van der Waals surface area contributed by atoms with Crippen molar-refractivity contribution in [1.82, 2.24) is 5.32 Å². The van der Waals surface area contributed by atoms with Crippen molar-refractivity contribution in [2.75, 3.05) is 11.5 Å². The van der Waals surface area contributed by atoms with Gasteiger partial charge in [0, 0.05) is 10.6 Å². The Hall–Kier alpha value is -3.38. The molecule has 142 valence electrons. The number of carbonyl (C=O) groups is 3. The number of ether oxygens (including phenoxy) is 1. The lowest BCUT2D eigenvalue weighted by Gasteiger charge is -2.27. The molecule has 1 heterocycles. The number of carbonyl (C=O) groups excluding carboxylic acids is 3. The van der Waals surface area contributed by atoms with Gasteiger partial charge in [-0.25, -0.2) is 9.69 Å². The molecule has 0 atom stereocenters. The Morgan fingerprint density at radius 2 is 1.93 bits per heavy atom. The van der Waals surface area contributed by atoms with Crippen LogP contribution in [0.1, 0.15) is 11.1 Å². The van der Waals surface area contributed by atoms with Crippen molar-refractivity contribution in [2.45, 2.75) is 6.92 Å². The van der Waals surface area contributed by atoms with Crippen LogP contribution >= 0.6 is 11.6 Å². The zero-order valence-electron chi connectivity index (χ0n) is 15.1. The van der Waals surface area contributed by atoms with Gasteiger partial charge in [-0.05, 0) is 42.8 Å². The van der Waals surface area contributed by atoms with E-state index < -0.39 is 17.8 Å². The molecule has 1 N–H and O–H groups in total. The highest BCUT2D eigenvalue weighted by Crippen LogP contribution is 2.28. The van der Waals surface area contributed by atoms with Crippen LogP contribution in [0, 0.1) is 6.92 Å². The first-order valence-electron chi connectivity index (χ1n) is 8.42. The Bertz CT molecular complexity index is 1010. The summed E-state index contributed by atoms with van der Waals surface area (Å²) < 4.78 is 5.56. The van der Waals surface area contributed by atoms with Crippen LogP contribution in [0.15, 0.2) is 60.7 Å². The van der Waals surface area contributed by atoms with Crippen molar-refractivity contribution in [3.63, 3.8) is 0 Å². The van der Waals surface area contributed by atoms with Crippen LogP contribution in [0.25, 0.3) is 6.08 Å². The highest BCUT2D eigenvalue weighted by atomic mass is 35.5. The predicted molar refractivity (Wildman–Crippen MR) is 107 cm³/mol. The molecule has 0 saturated carbocycles. The Kier molecular flexibility index (Phi) is 5.61. The summed E-state index contributed by atoms with van der Waals surface area (Å²) in [4.78, 5) is 38.6. The number of nitrogens with zero attached hydrogens (tertiary/aromatic N) is 1. The maximum atomic E-state index is 13.0. The Morgan fingerprint density at radius 3 is 2.64 bits per heavy atom. The second-order valence-corrected chi connectivity index (χ2v) is 6.46. The van der Waals surface area contributed by atoms with Crippen LogP contribution < -0.4 is 15.0 Å². The van der Waals surface area contributed by atoms with E-state index in [-0.39, 0.29) is 12.2 Å². The first kappa shape index (κ1) is 19.4. The largest absolute Gasteiger partial charge is 0.489 e. The molecule has 0 aliphatic carbocycles. The molecule has 2 aromatic rings. The smallest absolute Gasteiger partial charge is 0.335 e. The average molecular weight is 397 g/mol. The fraction of sp³-hybridized carbons (Fsp3) is 0.0952. The van der Waals surface area contributed by atoms with Crippen molar-refractivity contribution >= 4 is 41.2 Å². The first-order valence-corrected chi connectivity index (χ1v) is 8.80. The average Bonchev–Trinajstić information content (AvgIpc) is 2.66. The van der Waals surface area contributed by atoms with E-state index in [1.54, 1.807) is 55.5 Å². The molecule has 1 saturated heterocycles. The molecule has 6 nitrogen and oxygen atoms in total. The van der Waals surface area contributed by atoms with E-state index in [2.05, 4.69) is 11.9 Å². The number of hydrogen-bond acceptors (Lipinski definition) is 4. The van der Waals surface area contributed by atoms with E-state index in [1.165, 1.54) is 6.08 Å². The molecule has 0 unspecified atom stereocenters. The van der Waals surface area contributed by atoms with E-state index in [9.17, 15) is 14.4 Å². The van der Waals surface area contributed by atoms with Crippen molar-refractivity contribution < 1.29 is 19.1 Å². The molecule has 0 spiro atoms. The summed E-state index contributed by atoms with van der Waals surface area (Å²) in [7, 11) is 0. The number of nitrogens with one attached hydrogen (secondary N) is 1. The van der Waals surface area contributed by atoms with E-state index in [4.69, 9.17) is 16.3 Å². The van der Waals surface area contributed by atoms with Crippen LogP contribution in [0.4, 0.5) is 10.5 Å². The van der Waals surface area contributed by atoms with E-state index in [1.807, 2.05) is 0 Å². The molecule has 1 aliphatic heterocycles. The number of barbiturate groups is 1. The van der Waals surface area contributed by atoms with Crippen LogP contribution in [0.3, 0.4) is 0 Å². The zero-order valence-corrected chi connectivity index (χ0v) is 15.8. The molecule has 3 rings (SSSR count). The van der Waals surface area contributed by atoms with Gasteiger partial charge < -0.3 is 4.74 Å². The van der Waals surface area contributed by atoms with Crippen molar-refractivity contribution in [1.29, 1.82) is 0 Å². The second-order valence-electron chi connectivity index (χ2n) is 6.03. The summed E-state index contributed by atoms with van der Waals surface area (Å²) >= 11 is 6.05. The number of halogens is 1.